The van der Waals surface area contributed by atoms with Crippen LogP contribution in [0.15, 0.2) is 97.1 Å². The van der Waals surface area contributed by atoms with E-state index in [0.29, 0.717) is 0 Å². The van der Waals surface area contributed by atoms with Crippen LogP contribution in [0.5, 0.6) is 0 Å². The van der Waals surface area contributed by atoms with Crippen molar-refractivity contribution in [1.82, 2.24) is 14.1 Å². The molecular weight excluding hydrogens is 617 g/mol. The van der Waals surface area contributed by atoms with Gasteiger partial charge < -0.3 is 14.4 Å². The summed E-state index contributed by atoms with van der Waals surface area (Å²) in [6.45, 7) is 2.02. The summed E-state index contributed by atoms with van der Waals surface area (Å²) in [5.74, 6) is 4.29. The van der Waals surface area contributed by atoms with Gasteiger partial charge >= 0.3 is 0 Å². The van der Waals surface area contributed by atoms with Gasteiger partial charge in [0.1, 0.15) is 5.82 Å². The van der Waals surface area contributed by atoms with E-state index in [4.69, 9.17) is 4.98 Å². The molecule has 0 amide bonds. The van der Waals surface area contributed by atoms with Crippen LogP contribution in [0.4, 0.5) is 11.4 Å². The molecule has 0 bridgehead atoms. The van der Waals surface area contributed by atoms with E-state index >= 15 is 0 Å². The Morgan fingerprint density at radius 2 is 1.17 bits per heavy atom. The first kappa shape index (κ1) is 32.5. The van der Waals surface area contributed by atoms with Gasteiger partial charge in [0.2, 0.25) is 0 Å². The number of aromatic nitrogens is 4. The number of para-hydroxylation sites is 4. The average molecular weight is 660 g/mol. The number of nitrogens with zero attached hydrogens (tertiary/aromatic N) is 6. The summed E-state index contributed by atoms with van der Waals surface area (Å²) in [6.07, 6.45) is 8.61. The molecule has 4 aromatic carbocycles. The number of aryl methyl sites for hydroxylation is 3. The monoisotopic (exact) mass is 659 g/mol. The SMILES string of the molecule is CN(CCSSCCN(C)c1ccc(/C=C/c2n(C)c3ccccc3[n+]2C)cc1)c1ccc(/C=C/c2nc3ccccc3n2C)cc1. The van der Waals surface area contributed by atoms with E-state index in [2.05, 4.69) is 174 Å². The van der Waals surface area contributed by atoms with Crippen molar-refractivity contribution in [2.45, 2.75) is 0 Å². The Balaban J connectivity index is 0.908. The molecule has 0 radical (unpaired) electrons. The molecule has 2 heterocycles. The summed E-state index contributed by atoms with van der Waals surface area (Å²) >= 11 is 0. The van der Waals surface area contributed by atoms with Crippen molar-refractivity contribution in [3.8, 4) is 0 Å². The van der Waals surface area contributed by atoms with Gasteiger partial charge in [0.25, 0.3) is 5.82 Å². The van der Waals surface area contributed by atoms with Gasteiger partial charge in [0.15, 0.2) is 11.0 Å². The van der Waals surface area contributed by atoms with Crippen molar-refractivity contribution in [1.29, 1.82) is 0 Å². The predicted octanol–water partition coefficient (Wildman–Crippen LogP) is 8.18. The van der Waals surface area contributed by atoms with E-state index in [1.54, 1.807) is 0 Å². The first-order chi connectivity index (χ1) is 22.9. The van der Waals surface area contributed by atoms with Crippen molar-refractivity contribution in [3.63, 3.8) is 0 Å². The molecule has 6 rings (SSSR count). The van der Waals surface area contributed by atoms with Crippen molar-refractivity contribution >= 4 is 79.3 Å². The van der Waals surface area contributed by atoms with E-state index in [-0.39, 0.29) is 0 Å². The highest BCUT2D eigenvalue weighted by Gasteiger charge is 2.16. The second-order valence-electron chi connectivity index (χ2n) is 11.8. The fourth-order valence-electron chi connectivity index (χ4n) is 5.79. The van der Waals surface area contributed by atoms with Crippen LogP contribution in [0.3, 0.4) is 0 Å². The molecule has 240 valence electrons. The lowest BCUT2D eigenvalue weighted by Crippen LogP contribution is -2.30. The van der Waals surface area contributed by atoms with Crippen molar-refractivity contribution in [2.24, 2.45) is 21.1 Å². The predicted molar refractivity (Wildman–Crippen MR) is 207 cm³/mol. The molecule has 0 spiro atoms. The third kappa shape index (κ3) is 7.61. The highest BCUT2D eigenvalue weighted by Crippen LogP contribution is 2.24. The number of hydrogen-bond acceptors (Lipinski definition) is 5. The smallest absolute Gasteiger partial charge is 0.281 e. The lowest BCUT2D eigenvalue weighted by atomic mass is 10.2. The van der Waals surface area contributed by atoms with Crippen molar-refractivity contribution in [2.75, 3.05) is 48.5 Å². The van der Waals surface area contributed by atoms with Crippen LogP contribution in [-0.4, -0.2) is 52.8 Å². The van der Waals surface area contributed by atoms with Gasteiger partial charge in [-0.1, -0.05) is 76.2 Å². The van der Waals surface area contributed by atoms with Crippen LogP contribution >= 0.6 is 21.6 Å². The highest BCUT2D eigenvalue weighted by molar-refractivity contribution is 8.76. The summed E-state index contributed by atoms with van der Waals surface area (Å²) in [6, 6.07) is 34.3. The molecule has 0 aliphatic carbocycles. The Morgan fingerprint density at radius 3 is 1.74 bits per heavy atom. The molecule has 6 nitrogen and oxygen atoms in total. The zero-order chi connectivity index (χ0) is 32.8. The van der Waals surface area contributed by atoms with Crippen LogP contribution in [-0.2, 0) is 21.1 Å². The minimum absolute atomic E-state index is 0.960. The minimum atomic E-state index is 0.960. The van der Waals surface area contributed by atoms with Gasteiger partial charge in [-0.25, -0.2) is 14.1 Å². The molecule has 0 N–H and O–H groups in total. The van der Waals surface area contributed by atoms with E-state index in [9.17, 15) is 0 Å². The first-order valence-corrected chi connectivity index (χ1v) is 18.5. The number of fused-ring (bicyclic) bond motifs is 2. The molecule has 0 saturated heterocycles. The lowest BCUT2D eigenvalue weighted by Gasteiger charge is -2.20. The number of benzene rings is 4. The molecule has 0 unspecified atom stereocenters. The maximum atomic E-state index is 4.74. The molecular formula is C39H43N6S2+. The van der Waals surface area contributed by atoms with Gasteiger partial charge in [-0.05, 0) is 71.8 Å². The molecule has 0 saturated carbocycles. The number of rotatable bonds is 13. The van der Waals surface area contributed by atoms with E-state index < -0.39 is 0 Å². The van der Waals surface area contributed by atoms with Crippen molar-refractivity contribution < 1.29 is 4.57 Å². The van der Waals surface area contributed by atoms with Gasteiger partial charge in [0, 0.05) is 63.2 Å². The summed E-state index contributed by atoms with van der Waals surface area (Å²) < 4.78 is 6.61. The Bertz CT molecular complexity index is 1970. The molecule has 8 heteroatoms. The fraction of sp³-hybridized carbons (Fsp3) is 0.231. The fourth-order valence-corrected chi connectivity index (χ4v) is 7.87. The Morgan fingerprint density at radius 1 is 0.638 bits per heavy atom. The quantitative estimate of drug-likeness (QED) is 0.0710. The highest BCUT2D eigenvalue weighted by atomic mass is 33.1. The van der Waals surface area contributed by atoms with Crippen LogP contribution in [0.25, 0.3) is 46.4 Å². The summed E-state index contributed by atoms with van der Waals surface area (Å²) in [5, 5.41) is 0. The van der Waals surface area contributed by atoms with Crippen molar-refractivity contribution in [3.05, 3.63) is 120 Å². The topological polar surface area (TPSA) is 33.1 Å². The van der Waals surface area contributed by atoms with E-state index in [0.717, 1.165) is 41.5 Å². The van der Waals surface area contributed by atoms with Crippen LogP contribution in [0.1, 0.15) is 22.8 Å². The molecule has 0 aliphatic rings. The zero-order valence-electron chi connectivity index (χ0n) is 27.9. The van der Waals surface area contributed by atoms with Gasteiger partial charge in [-0.3, -0.25) is 0 Å². The third-order valence-electron chi connectivity index (χ3n) is 8.73. The second kappa shape index (κ2) is 15.0. The zero-order valence-corrected chi connectivity index (χ0v) is 29.5. The average Bonchev–Trinajstić information content (AvgIpc) is 3.56. The minimum Gasteiger partial charge on any atom is -0.374 e. The number of anilines is 2. The lowest BCUT2D eigenvalue weighted by molar-refractivity contribution is -0.647. The summed E-state index contributed by atoms with van der Waals surface area (Å²) in [4.78, 5) is 9.40. The summed E-state index contributed by atoms with van der Waals surface area (Å²) in [7, 11) is 14.6. The maximum Gasteiger partial charge on any atom is 0.281 e. The Hall–Kier alpha value is -4.40. The Labute approximate surface area is 286 Å². The normalized spacial score (nSPS) is 11.9. The molecule has 2 aromatic heterocycles. The van der Waals surface area contributed by atoms with Gasteiger partial charge in [0.05, 0.1) is 25.1 Å². The van der Waals surface area contributed by atoms with Gasteiger partial charge in [-0.2, -0.15) is 0 Å². The summed E-state index contributed by atoms with van der Waals surface area (Å²) in [5.41, 5.74) is 9.49. The second-order valence-corrected chi connectivity index (χ2v) is 14.5. The first-order valence-electron chi connectivity index (χ1n) is 16.0. The number of hydrogen-bond donors (Lipinski definition) is 0. The third-order valence-corrected chi connectivity index (χ3v) is 11.1. The maximum absolute atomic E-state index is 4.74. The molecule has 0 fully saturated rings. The molecule has 47 heavy (non-hydrogen) atoms. The molecule has 0 aliphatic heterocycles. The van der Waals surface area contributed by atoms with Crippen LogP contribution in [0.2, 0.25) is 0 Å². The van der Waals surface area contributed by atoms with E-state index in [1.807, 2.05) is 27.7 Å². The Kier molecular flexibility index (Phi) is 10.4. The van der Waals surface area contributed by atoms with E-state index in [1.165, 1.54) is 39.4 Å². The van der Waals surface area contributed by atoms with Gasteiger partial charge in [-0.15, -0.1) is 0 Å². The van der Waals surface area contributed by atoms with Crippen LogP contribution in [0, 0.1) is 0 Å². The molecule has 6 aromatic rings. The number of imidazole rings is 2. The van der Waals surface area contributed by atoms with Crippen LogP contribution < -0.4 is 14.4 Å². The molecule has 0 atom stereocenters. The largest absolute Gasteiger partial charge is 0.374 e. The standard InChI is InChI=1S/C39H43N6S2/c1-41(32-20-14-30(15-21-32)18-24-38-40-34-10-6-7-11-35(34)43(38)3)26-28-46-47-29-27-42(2)33-22-16-31(17-23-33)19-25-39-44(4)36-12-8-9-13-37(36)45(39)5/h6-25H,26-29H2,1-5H3/q+1/b24-18+.